The molecular weight excluding hydrogens is 278 g/mol. The van der Waals surface area contributed by atoms with Crippen LogP contribution in [-0.2, 0) is 11.2 Å². The molecule has 1 aromatic carbocycles. The minimum Gasteiger partial charge on any atom is -0.508 e. The van der Waals surface area contributed by atoms with Crippen LogP contribution in [0.15, 0.2) is 36.7 Å². The molecule has 1 N–H and O–H groups in total. The van der Waals surface area contributed by atoms with Crippen molar-refractivity contribution in [3.8, 4) is 5.75 Å². The van der Waals surface area contributed by atoms with E-state index in [1.165, 1.54) is 5.56 Å². The Bertz CT molecular complexity index is 657. The van der Waals surface area contributed by atoms with Crippen molar-refractivity contribution < 1.29 is 9.90 Å². The summed E-state index contributed by atoms with van der Waals surface area (Å²) in [5.41, 5.74) is 2.03. The van der Waals surface area contributed by atoms with Gasteiger partial charge in [0.15, 0.2) is 0 Å². The van der Waals surface area contributed by atoms with Gasteiger partial charge >= 0.3 is 0 Å². The van der Waals surface area contributed by atoms with E-state index in [4.69, 9.17) is 0 Å². The van der Waals surface area contributed by atoms with Gasteiger partial charge in [-0.3, -0.25) is 9.48 Å². The van der Waals surface area contributed by atoms with Gasteiger partial charge in [-0.25, -0.2) is 0 Å². The van der Waals surface area contributed by atoms with Crippen LogP contribution in [0.2, 0.25) is 0 Å². The summed E-state index contributed by atoms with van der Waals surface area (Å²) in [6.07, 6.45) is 6.16. The van der Waals surface area contributed by atoms with Crippen molar-refractivity contribution in [2.75, 3.05) is 13.1 Å². The summed E-state index contributed by atoms with van der Waals surface area (Å²) in [6, 6.07) is 7.29. The molecule has 1 aliphatic heterocycles. The lowest BCUT2D eigenvalue weighted by atomic mass is 10.0. The van der Waals surface area contributed by atoms with Gasteiger partial charge in [0.2, 0.25) is 5.91 Å². The van der Waals surface area contributed by atoms with E-state index in [0.717, 1.165) is 31.5 Å². The molecule has 0 aliphatic carbocycles. The molecule has 1 fully saturated rings. The molecule has 3 rings (SSSR count). The lowest BCUT2D eigenvalue weighted by Crippen LogP contribution is -2.39. The minimum atomic E-state index is 0.126. The zero-order valence-corrected chi connectivity index (χ0v) is 12.8. The number of piperidine rings is 1. The lowest BCUT2D eigenvalue weighted by molar-refractivity contribution is -0.131. The fourth-order valence-corrected chi connectivity index (χ4v) is 2.97. The van der Waals surface area contributed by atoms with Crippen LogP contribution in [-0.4, -0.2) is 38.8 Å². The fourth-order valence-electron chi connectivity index (χ4n) is 2.97. The topological polar surface area (TPSA) is 58.4 Å². The molecule has 22 heavy (non-hydrogen) atoms. The highest BCUT2D eigenvalue weighted by atomic mass is 16.3. The molecule has 2 heterocycles. The van der Waals surface area contributed by atoms with Crippen LogP contribution in [0.4, 0.5) is 0 Å². The third kappa shape index (κ3) is 3.30. The van der Waals surface area contributed by atoms with Gasteiger partial charge in [-0.15, -0.1) is 0 Å². The van der Waals surface area contributed by atoms with Crippen LogP contribution in [0, 0.1) is 6.92 Å². The second kappa shape index (κ2) is 6.22. The highest BCUT2D eigenvalue weighted by Crippen LogP contribution is 2.23. The Balaban J connectivity index is 1.55. The molecule has 0 spiro atoms. The Morgan fingerprint density at radius 1 is 1.36 bits per heavy atom. The van der Waals surface area contributed by atoms with E-state index in [-0.39, 0.29) is 11.7 Å². The Morgan fingerprint density at radius 2 is 2.14 bits per heavy atom. The van der Waals surface area contributed by atoms with Crippen LogP contribution in [0.5, 0.6) is 5.75 Å². The van der Waals surface area contributed by atoms with E-state index >= 15 is 0 Å². The summed E-state index contributed by atoms with van der Waals surface area (Å²) < 4.78 is 2.02. The lowest BCUT2D eigenvalue weighted by Gasteiger charge is -2.32. The van der Waals surface area contributed by atoms with Crippen molar-refractivity contribution in [2.45, 2.75) is 32.2 Å². The first kappa shape index (κ1) is 14.6. The van der Waals surface area contributed by atoms with Gasteiger partial charge in [0.25, 0.3) is 0 Å². The van der Waals surface area contributed by atoms with E-state index in [1.54, 1.807) is 18.2 Å². The second-order valence-electron chi connectivity index (χ2n) is 5.96. The van der Waals surface area contributed by atoms with E-state index in [0.29, 0.717) is 12.5 Å². The van der Waals surface area contributed by atoms with Crippen LogP contribution >= 0.6 is 0 Å². The summed E-state index contributed by atoms with van der Waals surface area (Å²) in [7, 11) is 0. The van der Waals surface area contributed by atoms with E-state index in [9.17, 15) is 9.90 Å². The highest BCUT2D eigenvalue weighted by Gasteiger charge is 2.24. The maximum Gasteiger partial charge on any atom is 0.226 e. The number of hydrogen-bond donors (Lipinski definition) is 1. The molecule has 0 bridgehead atoms. The number of nitrogens with zero attached hydrogens (tertiary/aromatic N) is 3. The molecule has 1 saturated heterocycles. The predicted molar refractivity (Wildman–Crippen MR) is 83.6 cm³/mol. The third-order valence-electron chi connectivity index (χ3n) is 4.19. The number of phenols is 1. The summed E-state index contributed by atoms with van der Waals surface area (Å²) in [6.45, 7) is 3.57. The average Bonchev–Trinajstić information content (AvgIpc) is 2.94. The number of benzene rings is 1. The normalized spacial score (nSPS) is 16.0. The van der Waals surface area contributed by atoms with Gasteiger partial charge in [0, 0.05) is 19.3 Å². The number of aromatic nitrogens is 2. The summed E-state index contributed by atoms with van der Waals surface area (Å²) in [4.78, 5) is 14.3. The Labute approximate surface area is 130 Å². The van der Waals surface area contributed by atoms with Crippen molar-refractivity contribution in [3.05, 3.63) is 47.8 Å². The smallest absolute Gasteiger partial charge is 0.226 e. The average molecular weight is 299 g/mol. The van der Waals surface area contributed by atoms with Crippen LogP contribution in [0.3, 0.4) is 0 Å². The summed E-state index contributed by atoms with van der Waals surface area (Å²) in [5, 5.41) is 13.8. The van der Waals surface area contributed by atoms with Gasteiger partial charge in [0.1, 0.15) is 5.75 Å². The zero-order valence-electron chi connectivity index (χ0n) is 12.8. The number of likely N-dealkylation sites (tertiary alicyclic amines) is 1. The zero-order chi connectivity index (χ0) is 15.5. The van der Waals surface area contributed by atoms with Crippen molar-refractivity contribution >= 4 is 5.91 Å². The van der Waals surface area contributed by atoms with E-state index in [2.05, 4.69) is 11.3 Å². The molecular formula is C17H21N3O2. The van der Waals surface area contributed by atoms with Gasteiger partial charge in [-0.1, -0.05) is 12.1 Å². The first-order valence-electron chi connectivity index (χ1n) is 7.68. The number of carbonyl (C=O) groups excluding carboxylic acids is 1. The first-order chi connectivity index (χ1) is 10.6. The predicted octanol–water partition coefficient (Wildman–Crippen LogP) is 2.30. The summed E-state index contributed by atoms with van der Waals surface area (Å²) >= 11 is 0. The van der Waals surface area contributed by atoms with Crippen LogP contribution in [0.25, 0.3) is 0 Å². The van der Waals surface area contributed by atoms with Gasteiger partial charge in [0.05, 0.1) is 18.7 Å². The SMILES string of the molecule is Cc1cnn(C2CCN(C(=O)Cc3cccc(O)c3)CC2)c1. The quantitative estimate of drug-likeness (QED) is 0.946. The van der Waals surface area contributed by atoms with Gasteiger partial charge < -0.3 is 10.0 Å². The molecule has 0 unspecified atom stereocenters. The van der Waals surface area contributed by atoms with Crippen LogP contribution < -0.4 is 0 Å². The molecule has 2 aromatic rings. The molecule has 116 valence electrons. The minimum absolute atomic E-state index is 0.126. The largest absolute Gasteiger partial charge is 0.508 e. The van der Waals surface area contributed by atoms with Crippen LogP contribution in [0.1, 0.15) is 30.0 Å². The third-order valence-corrected chi connectivity index (χ3v) is 4.19. The highest BCUT2D eigenvalue weighted by molar-refractivity contribution is 5.79. The second-order valence-corrected chi connectivity index (χ2v) is 5.96. The molecule has 0 radical (unpaired) electrons. The molecule has 1 aliphatic rings. The fraction of sp³-hybridized carbons (Fsp3) is 0.412. The standard InChI is InChI=1S/C17H21N3O2/c1-13-11-18-20(12-13)15-5-7-19(8-6-15)17(22)10-14-3-2-4-16(21)9-14/h2-4,9,11-12,15,21H,5-8,10H2,1H3. The number of phenolic OH excluding ortho intramolecular Hbond substituents is 1. The number of hydrogen-bond acceptors (Lipinski definition) is 3. The number of carbonyl (C=O) groups is 1. The number of amides is 1. The van der Waals surface area contributed by atoms with Crippen molar-refractivity contribution in [1.29, 1.82) is 0 Å². The van der Waals surface area contributed by atoms with Crippen molar-refractivity contribution in [2.24, 2.45) is 0 Å². The Morgan fingerprint density at radius 3 is 2.77 bits per heavy atom. The molecule has 5 heteroatoms. The maximum atomic E-state index is 12.3. The molecule has 1 amide bonds. The van der Waals surface area contributed by atoms with E-state index < -0.39 is 0 Å². The number of aryl methyl sites for hydroxylation is 1. The van der Waals surface area contributed by atoms with Gasteiger partial charge in [-0.2, -0.15) is 5.10 Å². The molecule has 5 nitrogen and oxygen atoms in total. The van der Waals surface area contributed by atoms with Gasteiger partial charge in [-0.05, 0) is 43.0 Å². The maximum absolute atomic E-state index is 12.3. The molecule has 0 saturated carbocycles. The first-order valence-corrected chi connectivity index (χ1v) is 7.68. The molecule has 0 atom stereocenters. The van der Waals surface area contributed by atoms with E-state index in [1.807, 2.05) is 28.8 Å². The molecule has 1 aromatic heterocycles. The van der Waals surface area contributed by atoms with Crippen molar-refractivity contribution in [1.82, 2.24) is 14.7 Å². The summed E-state index contributed by atoms with van der Waals surface area (Å²) in [5.74, 6) is 0.332. The number of rotatable bonds is 3. The number of aromatic hydroxyl groups is 1. The van der Waals surface area contributed by atoms with Crippen molar-refractivity contribution in [3.63, 3.8) is 0 Å². The Hall–Kier alpha value is -2.30. The Kier molecular flexibility index (Phi) is 4.13. The monoisotopic (exact) mass is 299 g/mol.